The number of aliphatic hydroxyl groups is 1. The SMILES string of the molecule is CC(C)(CNCC(O)COc1cnsn1)c1cccs1. The van der Waals surface area contributed by atoms with E-state index in [4.69, 9.17) is 4.74 Å². The predicted molar refractivity (Wildman–Crippen MR) is 81.6 cm³/mol. The maximum Gasteiger partial charge on any atom is 0.245 e. The van der Waals surface area contributed by atoms with Crippen molar-refractivity contribution in [3.8, 4) is 5.88 Å². The van der Waals surface area contributed by atoms with Gasteiger partial charge in [0.15, 0.2) is 0 Å². The number of aromatic nitrogens is 2. The van der Waals surface area contributed by atoms with E-state index in [1.165, 1.54) is 4.88 Å². The fourth-order valence-corrected chi connectivity index (χ4v) is 2.98. The third-order valence-electron chi connectivity index (χ3n) is 2.90. The Hall–Kier alpha value is -1.02. The molecular formula is C13H19N3O2S2. The first-order valence-corrected chi connectivity index (χ1v) is 8.02. The molecule has 0 aliphatic carbocycles. The van der Waals surface area contributed by atoms with Gasteiger partial charge in [0.1, 0.15) is 18.9 Å². The van der Waals surface area contributed by atoms with Gasteiger partial charge in [-0.1, -0.05) is 19.9 Å². The number of hydrogen-bond donors (Lipinski definition) is 2. The molecule has 110 valence electrons. The molecule has 2 aromatic heterocycles. The minimum absolute atomic E-state index is 0.0631. The van der Waals surface area contributed by atoms with Crippen molar-refractivity contribution >= 4 is 23.1 Å². The van der Waals surface area contributed by atoms with Crippen LogP contribution in [0.3, 0.4) is 0 Å². The summed E-state index contributed by atoms with van der Waals surface area (Å²) >= 11 is 2.85. The highest BCUT2D eigenvalue weighted by Crippen LogP contribution is 2.26. The van der Waals surface area contributed by atoms with E-state index >= 15 is 0 Å². The van der Waals surface area contributed by atoms with E-state index in [9.17, 15) is 5.11 Å². The Balaban J connectivity index is 1.67. The zero-order valence-corrected chi connectivity index (χ0v) is 13.2. The molecular weight excluding hydrogens is 294 g/mol. The van der Waals surface area contributed by atoms with Crippen LogP contribution < -0.4 is 10.1 Å². The molecule has 0 spiro atoms. The fourth-order valence-electron chi connectivity index (χ4n) is 1.76. The molecule has 0 aliphatic heterocycles. The summed E-state index contributed by atoms with van der Waals surface area (Å²) in [6.45, 7) is 5.90. The molecule has 0 saturated carbocycles. The van der Waals surface area contributed by atoms with Crippen LogP contribution in [-0.4, -0.2) is 39.7 Å². The molecule has 1 unspecified atom stereocenters. The first-order valence-electron chi connectivity index (χ1n) is 6.41. The number of rotatable bonds is 8. The molecule has 0 radical (unpaired) electrons. The molecule has 2 N–H and O–H groups in total. The first kappa shape index (κ1) is 15.4. The number of thiophene rings is 1. The lowest BCUT2D eigenvalue weighted by Crippen LogP contribution is -2.38. The summed E-state index contributed by atoms with van der Waals surface area (Å²) in [4.78, 5) is 1.34. The summed E-state index contributed by atoms with van der Waals surface area (Å²) in [6, 6.07) is 4.20. The average Bonchev–Trinajstić information content (AvgIpc) is 3.09. The van der Waals surface area contributed by atoms with Gasteiger partial charge in [-0.25, -0.2) is 0 Å². The van der Waals surface area contributed by atoms with Crippen molar-refractivity contribution in [1.29, 1.82) is 0 Å². The molecule has 5 nitrogen and oxygen atoms in total. The first-order chi connectivity index (χ1) is 9.58. The van der Waals surface area contributed by atoms with Crippen LogP contribution in [0, 0.1) is 0 Å². The van der Waals surface area contributed by atoms with Crippen LogP contribution in [0.1, 0.15) is 18.7 Å². The van der Waals surface area contributed by atoms with Crippen molar-refractivity contribution in [1.82, 2.24) is 14.1 Å². The Labute approximate surface area is 127 Å². The highest BCUT2D eigenvalue weighted by Gasteiger charge is 2.21. The second kappa shape index (κ2) is 7.12. The Kier molecular flexibility index (Phi) is 5.47. The third-order valence-corrected chi connectivity index (χ3v) is 4.60. The van der Waals surface area contributed by atoms with E-state index < -0.39 is 6.10 Å². The lowest BCUT2D eigenvalue weighted by Gasteiger charge is -2.24. The topological polar surface area (TPSA) is 67.3 Å². The Morgan fingerprint density at radius 1 is 1.50 bits per heavy atom. The number of nitrogens with one attached hydrogen (secondary N) is 1. The smallest absolute Gasteiger partial charge is 0.245 e. The maximum absolute atomic E-state index is 9.85. The highest BCUT2D eigenvalue weighted by atomic mass is 32.1. The van der Waals surface area contributed by atoms with Crippen LogP contribution in [0.15, 0.2) is 23.7 Å². The van der Waals surface area contributed by atoms with Gasteiger partial charge in [0.25, 0.3) is 0 Å². The molecule has 0 bridgehead atoms. The molecule has 20 heavy (non-hydrogen) atoms. The quantitative estimate of drug-likeness (QED) is 0.779. The van der Waals surface area contributed by atoms with Gasteiger partial charge in [0, 0.05) is 23.4 Å². The Bertz CT molecular complexity index is 486. The maximum atomic E-state index is 9.85. The lowest BCUT2D eigenvalue weighted by molar-refractivity contribution is 0.103. The van der Waals surface area contributed by atoms with Gasteiger partial charge in [0.2, 0.25) is 5.88 Å². The van der Waals surface area contributed by atoms with Gasteiger partial charge in [-0.05, 0) is 11.4 Å². The van der Waals surface area contributed by atoms with Crippen molar-refractivity contribution in [2.75, 3.05) is 19.7 Å². The van der Waals surface area contributed by atoms with Crippen molar-refractivity contribution in [3.05, 3.63) is 28.6 Å². The molecule has 2 heterocycles. The van der Waals surface area contributed by atoms with Crippen LogP contribution in [0.25, 0.3) is 0 Å². The largest absolute Gasteiger partial charge is 0.473 e. The van der Waals surface area contributed by atoms with Gasteiger partial charge in [-0.15, -0.1) is 15.7 Å². The average molecular weight is 313 g/mol. The number of aliphatic hydroxyl groups excluding tert-OH is 1. The van der Waals surface area contributed by atoms with Crippen molar-refractivity contribution < 1.29 is 9.84 Å². The molecule has 2 rings (SSSR count). The number of hydrogen-bond acceptors (Lipinski definition) is 7. The minimum atomic E-state index is -0.559. The highest BCUT2D eigenvalue weighted by molar-refractivity contribution is 7.10. The standard InChI is InChI=1S/C13H19N3O2S2/c1-13(2,11-4-3-5-19-11)9-14-6-10(17)8-18-12-7-15-20-16-12/h3-5,7,10,14,17H,6,8-9H2,1-2H3. The molecule has 0 aromatic carbocycles. The molecule has 7 heteroatoms. The van der Waals surface area contributed by atoms with Gasteiger partial charge in [-0.3, -0.25) is 0 Å². The summed E-state index contributed by atoms with van der Waals surface area (Å²) in [7, 11) is 0. The second-order valence-electron chi connectivity index (χ2n) is 5.20. The van der Waals surface area contributed by atoms with E-state index in [1.54, 1.807) is 17.5 Å². The second-order valence-corrected chi connectivity index (χ2v) is 6.71. The van der Waals surface area contributed by atoms with Crippen LogP contribution in [0.4, 0.5) is 0 Å². The normalized spacial score (nSPS) is 13.3. The van der Waals surface area contributed by atoms with E-state index in [2.05, 4.69) is 45.4 Å². The monoisotopic (exact) mass is 313 g/mol. The molecule has 0 fully saturated rings. The van der Waals surface area contributed by atoms with Crippen molar-refractivity contribution in [2.24, 2.45) is 0 Å². The van der Waals surface area contributed by atoms with Crippen LogP contribution in [-0.2, 0) is 5.41 Å². The zero-order valence-electron chi connectivity index (χ0n) is 11.6. The molecule has 0 amide bonds. The summed E-state index contributed by atoms with van der Waals surface area (Å²) in [5, 5.41) is 15.2. The number of ether oxygens (including phenoxy) is 1. The minimum Gasteiger partial charge on any atom is -0.473 e. The van der Waals surface area contributed by atoms with Gasteiger partial charge in [-0.2, -0.15) is 4.37 Å². The van der Waals surface area contributed by atoms with Gasteiger partial charge < -0.3 is 15.2 Å². The fraction of sp³-hybridized carbons (Fsp3) is 0.538. The van der Waals surface area contributed by atoms with Gasteiger partial charge >= 0.3 is 0 Å². The molecule has 0 aliphatic rings. The Morgan fingerprint density at radius 3 is 3.00 bits per heavy atom. The van der Waals surface area contributed by atoms with E-state index in [1.807, 2.05) is 0 Å². The lowest BCUT2D eigenvalue weighted by atomic mass is 9.91. The molecule has 1 atom stereocenters. The van der Waals surface area contributed by atoms with E-state index in [-0.39, 0.29) is 12.0 Å². The Morgan fingerprint density at radius 2 is 2.35 bits per heavy atom. The molecule has 2 aromatic rings. The van der Waals surface area contributed by atoms with Crippen LogP contribution in [0.2, 0.25) is 0 Å². The summed E-state index contributed by atoms with van der Waals surface area (Å²) in [6.07, 6.45) is 0.987. The molecule has 0 saturated heterocycles. The zero-order chi connectivity index (χ0) is 14.4. The van der Waals surface area contributed by atoms with Gasteiger partial charge in [0.05, 0.1) is 11.7 Å². The van der Waals surface area contributed by atoms with E-state index in [0.717, 1.165) is 18.3 Å². The number of nitrogens with zero attached hydrogens (tertiary/aromatic N) is 2. The third kappa shape index (κ3) is 4.52. The predicted octanol–water partition coefficient (Wildman–Crippen LogP) is 1.91. The summed E-state index contributed by atoms with van der Waals surface area (Å²) in [5.41, 5.74) is 0.0631. The van der Waals surface area contributed by atoms with Crippen LogP contribution >= 0.6 is 23.1 Å². The van der Waals surface area contributed by atoms with E-state index in [0.29, 0.717) is 12.4 Å². The summed E-state index contributed by atoms with van der Waals surface area (Å²) in [5.74, 6) is 0.466. The summed E-state index contributed by atoms with van der Waals surface area (Å²) < 4.78 is 13.1. The van der Waals surface area contributed by atoms with Crippen LogP contribution in [0.5, 0.6) is 5.88 Å². The van der Waals surface area contributed by atoms with Crippen molar-refractivity contribution in [2.45, 2.75) is 25.4 Å². The van der Waals surface area contributed by atoms with Crippen molar-refractivity contribution in [3.63, 3.8) is 0 Å².